The molecule has 4 bridgehead atoms. The molecule has 4 aliphatic carbocycles. The average molecular weight is 515 g/mol. The van der Waals surface area contributed by atoms with E-state index in [9.17, 15) is 10.2 Å². The molecule has 4 N–H and O–H groups in total. The van der Waals surface area contributed by atoms with Crippen LogP contribution >= 0.6 is 0 Å². The van der Waals surface area contributed by atoms with E-state index < -0.39 is 5.54 Å². The van der Waals surface area contributed by atoms with Crippen LogP contribution < -0.4 is 10.6 Å². The summed E-state index contributed by atoms with van der Waals surface area (Å²) in [6.07, 6.45) is 9.35. The predicted molar refractivity (Wildman–Crippen MR) is 147 cm³/mol. The van der Waals surface area contributed by atoms with Gasteiger partial charge in [0.1, 0.15) is 0 Å². The number of aliphatic hydroxyl groups excluding tert-OH is 2. The summed E-state index contributed by atoms with van der Waals surface area (Å²) >= 11 is 0. The smallest absolute Gasteiger partial charge is 0.258 e. The van der Waals surface area contributed by atoms with Crippen LogP contribution in [0.2, 0.25) is 0 Å². The minimum absolute atomic E-state index is 0.262. The van der Waals surface area contributed by atoms with E-state index in [0.717, 1.165) is 47.5 Å². The normalized spacial score (nSPS) is 27.8. The van der Waals surface area contributed by atoms with Gasteiger partial charge in [0, 0.05) is 29.9 Å². The van der Waals surface area contributed by atoms with Crippen LogP contribution in [0, 0.1) is 24.7 Å². The molecule has 2 heterocycles. The highest BCUT2D eigenvalue weighted by atomic mass is 16.5. The monoisotopic (exact) mass is 514 g/mol. The van der Waals surface area contributed by atoms with Crippen molar-refractivity contribution >= 4 is 5.69 Å². The van der Waals surface area contributed by atoms with Gasteiger partial charge in [0.2, 0.25) is 5.82 Å². The number of benzene rings is 2. The molecule has 4 fully saturated rings. The second-order valence-electron chi connectivity index (χ2n) is 12.8. The van der Waals surface area contributed by atoms with Crippen LogP contribution in [0.5, 0.6) is 0 Å². The predicted octanol–water partition coefficient (Wildman–Crippen LogP) is 4.22. The number of rotatable bonds is 7. The molecule has 3 aromatic rings. The summed E-state index contributed by atoms with van der Waals surface area (Å²) in [5.74, 6) is 3.94. The van der Waals surface area contributed by atoms with E-state index in [2.05, 4.69) is 41.2 Å². The second kappa shape index (κ2) is 8.90. The molecule has 0 amide bonds. The Hall–Kier alpha value is -2.74. The summed E-state index contributed by atoms with van der Waals surface area (Å²) in [7, 11) is 0. The maximum Gasteiger partial charge on any atom is 0.258 e. The third kappa shape index (κ3) is 3.98. The SMILES string of the molecule is Cc1cc(-c2nc(-c3ccc4c(c3)CCN4CC(N)(CO)CO)no2)ccc1C12CC3CC(CC(C3)C1)C2. The van der Waals surface area contributed by atoms with Gasteiger partial charge in [0.25, 0.3) is 5.89 Å². The summed E-state index contributed by atoms with van der Waals surface area (Å²) in [6, 6.07) is 12.9. The number of anilines is 1. The van der Waals surface area contributed by atoms with Crippen molar-refractivity contribution in [3.63, 3.8) is 0 Å². The minimum Gasteiger partial charge on any atom is -0.394 e. The Morgan fingerprint density at radius 3 is 2.34 bits per heavy atom. The van der Waals surface area contributed by atoms with Crippen LogP contribution in [0.4, 0.5) is 5.69 Å². The Bertz CT molecular complexity index is 1330. The lowest BCUT2D eigenvalue weighted by Crippen LogP contribution is -2.55. The van der Waals surface area contributed by atoms with E-state index in [4.69, 9.17) is 15.2 Å². The Kier molecular flexibility index (Phi) is 5.69. The first-order chi connectivity index (χ1) is 18.4. The third-order valence-electron chi connectivity index (χ3n) is 9.97. The third-order valence-corrected chi connectivity index (χ3v) is 9.97. The van der Waals surface area contributed by atoms with Crippen molar-refractivity contribution in [2.24, 2.45) is 23.5 Å². The number of aliphatic hydroxyl groups is 2. The fourth-order valence-corrected chi connectivity index (χ4v) is 8.59. The molecule has 1 aliphatic heterocycles. The van der Waals surface area contributed by atoms with Gasteiger partial charge in [0.15, 0.2) is 0 Å². The zero-order chi connectivity index (χ0) is 26.1. The van der Waals surface area contributed by atoms with Gasteiger partial charge in [-0.2, -0.15) is 4.98 Å². The van der Waals surface area contributed by atoms with E-state index >= 15 is 0 Å². The number of nitrogens with zero attached hydrogens (tertiary/aromatic N) is 3. The summed E-state index contributed by atoms with van der Waals surface area (Å²) in [4.78, 5) is 6.89. The fraction of sp³-hybridized carbons (Fsp3) is 0.548. The van der Waals surface area contributed by atoms with Crippen LogP contribution in [0.25, 0.3) is 22.8 Å². The Morgan fingerprint density at radius 1 is 1.00 bits per heavy atom. The lowest BCUT2D eigenvalue weighted by Gasteiger charge is -2.57. The summed E-state index contributed by atoms with van der Waals surface area (Å²) < 4.78 is 5.74. The zero-order valence-electron chi connectivity index (χ0n) is 22.2. The summed E-state index contributed by atoms with van der Waals surface area (Å²) in [5, 5.41) is 23.5. The second-order valence-corrected chi connectivity index (χ2v) is 12.8. The zero-order valence-corrected chi connectivity index (χ0v) is 22.2. The number of aryl methyl sites for hydroxylation is 1. The van der Waals surface area contributed by atoms with E-state index in [0.29, 0.717) is 23.7 Å². The molecule has 38 heavy (non-hydrogen) atoms. The summed E-state index contributed by atoms with van der Waals surface area (Å²) in [6.45, 7) is 2.93. The molecular formula is C31H38N4O3. The topological polar surface area (TPSA) is 109 Å². The quantitative estimate of drug-likeness (QED) is 0.433. The maximum atomic E-state index is 9.59. The molecule has 4 saturated carbocycles. The van der Waals surface area contributed by atoms with Crippen molar-refractivity contribution in [1.29, 1.82) is 0 Å². The van der Waals surface area contributed by atoms with Crippen molar-refractivity contribution in [1.82, 2.24) is 10.1 Å². The van der Waals surface area contributed by atoms with Crippen LogP contribution in [0.3, 0.4) is 0 Å². The Balaban J connectivity index is 1.11. The molecule has 0 spiro atoms. The number of hydrogen-bond donors (Lipinski definition) is 3. The number of nitrogens with two attached hydrogens (primary N) is 1. The number of aromatic nitrogens is 2. The van der Waals surface area contributed by atoms with E-state index in [1.165, 1.54) is 49.7 Å². The maximum absolute atomic E-state index is 9.59. The molecule has 8 rings (SSSR count). The van der Waals surface area contributed by atoms with Crippen molar-refractivity contribution in [2.45, 2.75) is 62.8 Å². The molecular weight excluding hydrogens is 476 g/mol. The standard InChI is InChI=1S/C31H38N4O3/c1-19-8-25(2-4-26(19)30-13-20-9-21(14-30)11-22(10-20)15-30)29-33-28(34-38-29)24-3-5-27-23(12-24)6-7-35(27)16-31(32,17-36)18-37/h2-5,8,12,20-22,36-37H,6-7,9-11,13-18,32H2,1H3. The Labute approximate surface area is 224 Å². The highest BCUT2D eigenvalue weighted by Crippen LogP contribution is 2.61. The first-order valence-electron chi connectivity index (χ1n) is 14.2. The van der Waals surface area contributed by atoms with Gasteiger partial charge < -0.3 is 25.4 Å². The molecule has 0 atom stereocenters. The van der Waals surface area contributed by atoms with Crippen molar-refractivity contribution in [2.75, 3.05) is 31.2 Å². The number of hydrogen-bond acceptors (Lipinski definition) is 7. The molecule has 0 radical (unpaired) electrons. The Morgan fingerprint density at radius 2 is 1.68 bits per heavy atom. The van der Waals surface area contributed by atoms with Gasteiger partial charge >= 0.3 is 0 Å². The van der Waals surface area contributed by atoms with Gasteiger partial charge in [-0.3, -0.25) is 0 Å². The van der Waals surface area contributed by atoms with Gasteiger partial charge in [0.05, 0.1) is 18.8 Å². The molecule has 2 aromatic carbocycles. The first-order valence-corrected chi connectivity index (χ1v) is 14.2. The molecule has 7 heteroatoms. The van der Waals surface area contributed by atoms with Crippen LogP contribution in [0.1, 0.15) is 55.2 Å². The van der Waals surface area contributed by atoms with E-state index in [1.807, 2.05) is 12.1 Å². The molecule has 7 nitrogen and oxygen atoms in total. The van der Waals surface area contributed by atoms with Crippen LogP contribution in [-0.4, -0.2) is 52.2 Å². The molecule has 0 saturated heterocycles. The van der Waals surface area contributed by atoms with Crippen molar-refractivity contribution in [3.8, 4) is 22.8 Å². The first kappa shape index (κ1) is 24.3. The highest BCUT2D eigenvalue weighted by molar-refractivity contribution is 5.68. The van der Waals surface area contributed by atoms with Gasteiger partial charge in [-0.15, -0.1) is 0 Å². The van der Waals surface area contributed by atoms with Crippen LogP contribution in [0.15, 0.2) is 40.9 Å². The lowest BCUT2D eigenvalue weighted by atomic mass is 9.47. The minimum atomic E-state index is -1.02. The van der Waals surface area contributed by atoms with Gasteiger partial charge in [-0.1, -0.05) is 11.2 Å². The average Bonchev–Trinajstić information content (AvgIpc) is 3.55. The summed E-state index contributed by atoms with van der Waals surface area (Å²) in [5.41, 5.74) is 12.6. The highest BCUT2D eigenvalue weighted by Gasteiger charge is 2.51. The van der Waals surface area contributed by atoms with Crippen molar-refractivity contribution in [3.05, 3.63) is 53.1 Å². The van der Waals surface area contributed by atoms with Crippen molar-refractivity contribution < 1.29 is 14.7 Å². The molecule has 0 unspecified atom stereocenters. The van der Waals surface area contributed by atoms with Crippen LogP contribution in [-0.2, 0) is 11.8 Å². The van der Waals surface area contributed by atoms with Gasteiger partial charge in [-0.25, -0.2) is 0 Å². The number of fused-ring (bicyclic) bond motifs is 1. The lowest BCUT2D eigenvalue weighted by molar-refractivity contribution is -0.00545. The van der Waals surface area contributed by atoms with E-state index in [1.54, 1.807) is 5.56 Å². The molecule has 1 aromatic heterocycles. The van der Waals surface area contributed by atoms with Gasteiger partial charge in [-0.05, 0) is 122 Å². The fourth-order valence-electron chi connectivity index (χ4n) is 8.59. The molecule has 5 aliphatic rings. The van der Waals surface area contributed by atoms with E-state index in [-0.39, 0.29) is 13.2 Å². The largest absolute Gasteiger partial charge is 0.394 e. The molecule has 200 valence electrons.